The fraction of sp³-hybridized carbons (Fsp3) is 0.500. The first-order chi connectivity index (χ1) is 8.21. The molecule has 1 aromatic carbocycles. The lowest BCUT2D eigenvalue weighted by molar-refractivity contribution is 0.441. The lowest BCUT2D eigenvalue weighted by Gasteiger charge is -2.16. The monoisotopic (exact) mass is 236 g/mol. The molecule has 1 unspecified atom stereocenters. The Hall–Kier alpha value is -1.38. The van der Waals surface area contributed by atoms with Crippen molar-refractivity contribution in [2.24, 2.45) is 4.99 Å². The number of aliphatic imine (C=N–C) groups is 1. The van der Waals surface area contributed by atoms with Gasteiger partial charge in [-0.2, -0.15) is 0 Å². The molecule has 1 aromatic rings. The van der Waals surface area contributed by atoms with Crippen molar-refractivity contribution in [1.29, 1.82) is 0 Å². The van der Waals surface area contributed by atoms with Crippen LogP contribution in [0.4, 0.5) is 10.1 Å². The molecule has 0 radical (unpaired) electrons. The van der Waals surface area contributed by atoms with E-state index in [0.717, 1.165) is 17.8 Å². The lowest BCUT2D eigenvalue weighted by Crippen LogP contribution is -2.06. The molecule has 0 fully saturated rings. The molecule has 0 aliphatic rings. The summed E-state index contributed by atoms with van der Waals surface area (Å²) in [5.74, 6) is 0.231. The van der Waals surface area contributed by atoms with Gasteiger partial charge in [0.15, 0.2) is 0 Å². The van der Waals surface area contributed by atoms with Gasteiger partial charge in [0.25, 0.3) is 0 Å². The Bertz CT molecular complexity index is 357. The molecular weight excluding hydrogens is 215 g/mol. The van der Waals surface area contributed by atoms with E-state index in [-0.39, 0.29) is 12.6 Å². The van der Waals surface area contributed by atoms with E-state index in [0.29, 0.717) is 6.42 Å². The number of alkyl halides is 1. The Labute approximate surface area is 103 Å². The Morgan fingerprint density at radius 3 is 2.47 bits per heavy atom. The number of nitrogens with zero attached hydrogens (tertiary/aromatic N) is 1. The minimum Gasteiger partial charge on any atom is -0.388 e. The molecule has 0 aromatic heterocycles. The third-order valence-corrected chi connectivity index (χ3v) is 3.05. The summed E-state index contributed by atoms with van der Waals surface area (Å²) in [7, 11) is 3.67. The van der Waals surface area contributed by atoms with Gasteiger partial charge in [0.2, 0.25) is 0 Å². The van der Waals surface area contributed by atoms with Crippen LogP contribution in [0.25, 0.3) is 0 Å². The van der Waals surface area contributed by atoms with E-state index >= 15 is 0 Å². The van der Waals surface area contributed by atoms with Crippen molar-refractivity contribution in [3.05, 3.63) is 29.8 Å². The molecule has 0 aliphatic heterocycles. The van der Waals surface area contributed by atoms with Crippen LogP contribution in [0.1, 0.15) is 31.2 Å². The predicted molar refractivity (Wildman–Crippen MR) is 73.0 cm³/mol. The Morgan fingerprint density at radius 2 is 2.00 bits per heavy atom. The molecule has 3 heteroatoms. The molecule has 0 saturated carbocycles. The summed E-state index contributed by atoms with van der Waals surface area (Å²) in [5, 5.41) is 3.08. The number of hydrogen-bond donors (Lipinski definition) is 1. The second-order valence-electron chi connectivity index (χ2n) is 4.21. The van der Waals surface area contributed by atoms with Gasteiger partial charge < -0.3 is 5.32 Å². The van der Waals surface area contributed by atoms with Crippen molar-refractivity contribution in [2.75, 3.05) is 26.1 Å². The molecule has 0 heterocycles. The molecule has 0 spiro atoms. The average Bonchev–Trinajstić information content (AvgIpc) is 2.38. The Balaban J connectivity index is 2.81. The normalized spacial score (nSPS) is 13.5. The number of anilines is 1. The van der Waals surface area contributed by atoms with Crippen molar-refractivity contribution < 1.29 is 4.39 Å². The Kier molecular flexibility index (Phi) is 5.67. The van der Waals surface area contributed by atoms with Gasteiger partial charge in [0.1, 0.15) is 0 Å². The Morgan fingerprint density at radius 1 is 1.35 bits per heavy atom. The van der Waals surface area contributed by atoms with Gasteiger partial charge in [0, 0.05) is 25.5 Å². The predicted octanol–water partition coefficient (Wildman–Crippen LogP) is 3.65. The largest absolute Gasteiger partial charge is 0.388 e. The van der Waals surface area contributed by atoms with Crippen LogP contribution in [-0.4, -0.2) is 26.5 Å². The number of hydrogen-bond acceptors (Lipinski definition) is 2. The fourth-order valence-corrected chi connectivity index (χ4v) is 1.89. The topological polar surface area (TPSA) is 24.4 Å². The van der Waals surface area contributed by atoms with Crippen molar-refractivity contribution in [2.45, 2.75) is 25.7 Å². The molecule has 1 rings (SSSR count). The first-order valence-electron chi connectivity index (χ1n) is 5.97. The molecule has 1 atom stereocenters. The maximum Gasteiger partial charge on any atom is 0.0900 e. The third kappa shape index (κ3) is 4.17. The number of benzene rings is 1. The van der Waals surface area contributed by atoms with Gasteiger partial charge in [-0.25, -0.2) is 0 Å². The standard InChI is InChI=1S/C14H21FN2/c1-11(16-2)10-13(8-9-15)12-4-6-14(17-3)7-5-12/h4-7,13,17H,8-10H2,1-3H3. The number of halogens is 1. The maximum atomic E-state index is 12.6. The summed E-state index contributed by atoms with van der Waals surface area (Å²) < 4.78 is 12.6. The van der Waals surface area contributed by atoms with Gasteiger partial charge in [0.05, 0.1) is 6.67 Å². The molecule has 94 valence electrons. The van der Waals surface area contributed by atoms with Gasteiger partial charge in [-0.15, -0.1) is 0 Å². The van der Waals surface area contributed by atoms with Gasteiger partial charge in [-0.3, -0.25) is 9.38 Å². The highest BCUT2D eigenvalue weighted by Crippen LogP contribution is 2.25. The smallest absolute Gasteiger partial charge is 0.0900 e. The van der Waals surface area contributed by atoms with E-state index in [4.69, 9.17) is 0 Å². The van der Waals surface area contributed by atoms with E-state index in [1.807, 2.05) is 26.1 Å². The van der Waals surface area contributed by atoms with Crippen LogP contribution in [0.5, 0.6) is 0 Å². The zero-order valence-electron chi connectivity index (χ0n) is 10.8. The third-order valence-electron chi connectivity index (χ3n) is 3.05. The van der Waals surface area contributed by atoms with Crippen LogP contribution in [0.3, 0.4) is 0 Å². The quantitative estimate of drug-likeness (QED) is 0.749. The number of nitrogens with one attached hydrogen (secondary N) is 1. The van der Waals surface area contributed by atoms with Crippen molar-refractivity contribution in [3.63, 3.8) is 0 Å². The van der Waals surface area contributed by atoms with Gasteiger partial charge in [-0.05, 0) is 43.4 Å². The fourth-order valence-electron chi connectivity index (χ4n) is 1.89. The average molecular weight is 236 g/mol. The van der Waals surface area contributed by atoms with E-state index in [9.17, 15) is 4.39 Å². The first kappa shape index (κ1) is 13.7. The zero-order chi connectivity index (χ0) is 12.7. The molecule has 0 amide bonds. The first-order valence-corrected chi connectivity index (χ1v) is 5.97. The molecule has 2 nitrogen and oxygen atoms in total. The maximum absolute atomic E-state index is 12.6. The highest BCUT2D eigenvalue weighted by atomic mass is 19.1. The summed E-state index contributed by atoms with van der Waals surface area (Å²) >= 11 is 0. The molecule has 1 N–H and O–H groups in total. The minimum absolute atomic E-state index is 0.231. The van der Waals surface area contributed by atoms with E-state index in [1.54, 1.807) is 7.05 Å². The molecule has 17 heavy (non-hydrogen) atoms. The van der Waals surface area contributed by atoms with E-state index in [1.165, 1.54) is 5.56 Å². The van der Waals surface area contributed by atoms with Crippen LogP contribution in [0.15, 0.2) is 29.3 Å². The summed E-state index contributed by atoms with van der Waals surface area (Å²) in [6.45, 7) is 1.71. The van der Waals surface area contributed by atoms with Gasteiger partial charge >= 0.3 is 0 Å². The van der Waals surface area contributed by atoms with Crippen molar-refractivity contribution in [1.82, 2.24) is 0 Å². The zero-order valence-corrected chi connectivity index (χ0v) is 10.8. The molecule has 0 saturated heterocycles. The number of rotatable bonds is 6. The summed E-state index contributed by atoms with van der Waals surface area (Å²) in [6, 6.07) is 8.18. The highest BCUT2D eigenvalue weighted by molar-refractivity contribution is 5.82. The SMILES string of the molecule is CN=C(C)CC(CCF)c1ccc(NC)cc1. The second-order valence-corrected chi connectivity index (χ2v) is 4.21. The van der Waals surface area contributed by atoms with Crippen molar-refractivity contribution in [3.8, 4) is 0 Å². The summed E-state index contributed by atoms with van der Waals surface area (Å²) in [6.07, 6.45) is 1.39. The molecule has 0 bridgehead atoms. The van der Waals surface area contributed by atoms with Crippen LogP contribution >= 0.6 is 0 Å². The van der Waals surface area contributed by atoms with Crippen LogP contribution in [0.2, 0.25) is 0 Å². The van der Waals surface area contributed by atoms with Crippen LogP contribution in [0, 0.1) is 0 Å². The highest BCUT2D eigenvalue weighted by Gasteiger charge is 2.12. The summed E-state index contributed by atoms with van der Waals surface area (Å²) in [4.78, 5) is 4.15. The minimum atomic E-state index is -0.282. The van der Waals surface area contributed by atoms with Gasteiger partial charge in [-0.1, -0.05) is 12.1 Å². The van der Waals surface area contributed by atoms with Crippen molar-refractivity contribution >= 4 is 11.4 Å². The van der Waals surface area contributed by atoms with Crippen LogP contribution < -0.4 is 5.32 Å². The van der Waals surface area contributed by atoms with E-state index in [2.05, 4.69) is 22.4 Å². The second kappa shape index (κ2) is 7.05. The summed E-state index contributed by atoms with van der Waals surface area (Å²) in [5.41, 5.74) is 3.33. The van der Waals surface area contributed by atoms with E-state index < -0.39 is 0 Å². The lowest BCUT2D eigenvalue weighted by atomic mass is 9.91. The molecule has 0 aliphatic carbocycles. The molecular formula is C14H21FN2. The van der Waals surface area contributed by atoms with Crippen LogP contribution in [-0.2, 0) is 0 Å².